The van der Waals surface area contributed by atoms with Gasteiger partial charge in [0.15, 0.2) is 0 Å². The minimum Gasteiger partial charge on any atom is -0.379 e. The molecule has 0 aliphatic carbocycles. The maximum Gasteiger partial charge on any atom is 0.318 e. The fourth-order valence-corrected chi connectivity index (χ4v) is 1.56. The molecule has 5 nitrogen and oxygen atoms in total. The number of hydrogen-bond donors (Lipinski definition) is 1. The third-order valence-corrected chi connectivity index (χ3v) is 2.61. The summed E-state index contributed by atoms with van der Waals surface area (Å²) < 4.78 is 5.23. The van der Waals surface area contributed by atoms with Gasteiger partial charge in [-0.25, -0.2) is 4.79 Å². The molecule has 1 rings (SSSR count). The fraction of sp³-hybridized carbons (Fsp3) is 0.900. The molecule has 2 amide bonds. The topological polar surface area (TPSA) is 44.8 Å². The van der Waals surface area contributed by atoms with E-state index in [4.69, 9.17) is 4.74 Å². The first-order valence-corrected chi connectivity index (χ1v) is 5.60. The van der Waals surface area contributed by atoms with Crippen molar-refractivity contribution in [3.8, 4) is 0 Å². The van der Waals surface area contributed by atoms with Gasteiger partial charge in [0.25, 0.3) is 0 Å². The monoisotopic (exact) mass is 215 g/mol. The highest BCUT2D eigenvalue weighted by Gasteiger charge is 2.13. The van der Waals surface area contributed by atoms with Crippen LogP contribution in [0.3, 0.4) is 0 Å². The number of morpholine rings is 1. The SMILES string of the molecule is CCN(CC)C(=O)NCN1CCOCC1. The van der Waals surface area contributed by atoms with E-state index in [-0.39, 0.29) is 6.03 Å². The first kappa shape index (κ1) is 12.3. The molecule has 1 N–H and O–H groups in total. The number of nitrogens with one attached hydrogen (secondary N) is 1. The zero-order chi connectivity index (χ0) is 11.1. The summed E-state index contributed by atoms with van der Waals surface area (Å²) in [6, 6.07) is 0.0199. The smallest absolute Gasteiger partial charge is 0.318 e. The molecule has 0 aromatic carbocycles. The van der Waals surface area contributed by atoms with E-state index in [2.05, 4.69) is 10.2 Å². The number of hydrogen-bond acceptors (Lipinski definition) is 3. The van der Waals surface area contributed by atoms with Crippen molar-refractivity contribution in [2.75, 3.05) is 46.1 Å². The molecule has 0 radical (unpaired) electrons. The Morgan fingerprint density at radius 3 is 2.47 bits per heavy atom. The van der Waals surface area contributed by atoms with E-state index in [0.29, 0.717) is 6.67 Å². The van der Waals surface area contributed by atoms with Crippen LogP contribution in [0.2, 0.25) is 0 Å². The van der Waals surface area contributed by atoms with Crippen molar-refractivity contribution in [2.45, 2.75) is 13.8 Å². The third kappa shape index (κ3) is 4.05. The molecule has 88 valence electrons. The van der Waals surface area contributed by atoms with Crippen LogP contribution in [0.4, 0.5) is 4.79 Å². The highest BCUT2D eigenvalue weighted by atomic mass is 16.5. The number of rotatable bonds is 4. The Hall–Kier alpha value is -0.810. The minimum absolute atomic E-state index is 0.0199. The van der Waals surface area contributed by atoms with Gasteiger partial charge in [0.2, 0.25) is 0 Å². The molecule has 1 heterocycles. The summed E-state index contributed by atoms with van der Waals surface area (Å²) in [4.78, 5) is 15.6. The number of nitrogens with zero attached hydrogens (tertiary/aromatic N) is 2. The summed E-state index contributed by atoms with van der Waals surface area (Å²) in [5, 5.41) is 2.91. The maximum atomic E-state index is 11.6. The Morgan fingerprint density at radius 1 is 1.33 bits per heavy atom. The molecule has 1 aliphatic rings. The molecule has 15 heavy (non-hydrogen) atoms. The lowest BCUT2D eigenvalue weighted by atomic mass is 10.4. The Morgan fingerprint density at radius 2 is 1.93 bits per heavy atom. The molecule has 0 unspecified atom stereocenters. The Kier molecular flexibility index (Phi) is 5.42. The summed E-state index contributed by atoms with van der Waals surface area (Å²) in [5.41, 5.74) is 0. The number of carbonyl (C=O) groups is 1. The standard InChI is InChI=1S/C10H21N3O2/c1-3-13(4-2)10(14)11-9-12-5-7-15-8-6-12/h3-9H2,1-2H3,(H,11,14). The van der Waals surface area contributed by atoms with Gasteiger partial charge in [0.1, 0.15) is 0 Å². The number of amides is 2. The van der Waals surface area contributed by atoms with Gasteiger partial charge in [-0.05, 0) is 13.8 Å². The van der Waals surface area contributed by atoms with Crippen molar-refractivity contribution in [1.82, 2.24) is 15.1 Å². The lowest BCUT2D eigenvalue weighted by Gasteiger charge is -2.28. The van der Waals surface area contributed by atoms with Gasteiger partial charge < -0.3 is 15.0 Å². The van der Waals surface area contributed by atoms with Crippen LogP contribution in [-0.4, -0.2) is 61.9 Å². The largest absolute Gasteiger partial charge is 0.379 e. The van der Waals surface area contributed by atoms with E-state index in [1.165, 1.54) is 0 Å². The van der Waals surface area contributed by atoms with Crippen LogP contribution in [0.1, 0.15) is 13.8 Å². The molecule has 0 saturated carbocycles. The fourth-order valence-electron chi connectivity index (χ4n) is 1.56. The predicted molar refractivity (Wildman–Crippen MR) is 58.7 cm³/mol. The lowest BCUT2D eigenvalue weighted by Crippen LogP contribution is -2.47. The summed E-state index contributed by atoms with van der Waals surface area (Å²) in [6.45, 7) is 9.44. The van der Waals surface area contributed by atoms with Gasteiger partial charge in [-0.2, -0.15) is 0 Å². The zero-order valence-electron chi connectivity index (χ0n) is 9.66. The number of urea groups is 1. The lowest BCUT2D eigenvalue weighted by molar-refractivity contribution is 0.0348. The number of ether oxygens (including phenoxy) is 1. The second-order valence-corrected chi connectivity index (χ2v) is 3.54. The average Bonchev–Trinajstić information content (AvgIpc) is 2.29. The zero-order valence-corrected chi connectivity index (χ0v) is 9.66. The van der Waals surface area contributed by atoms with E-state index < -0.39 is 0 Å². The third-order valence-electron chi connectivity index (χ3n) is 2.61. The second kappa shape index (κ2) is 6.63. The molecule has 0 spiro atoms. The second-order valence-electron chi connectivity index (χ2n) is 3.54. The minimum atomic E-state index is 0.0199. The van der Waals surface area contributed by atoms with Gasteiger partial charge in [0, 0.05) is 26.2 Å². The molecule has 0 atom stereocenters. The van der Waals surface area contributed by atoms with Gasteiger partial charge in [0.05, 0.1) is 19.9 Å². The van der Waals surface area contributed by atoms with Crippen LogP contribution in [0.25, 0.3) is 0 Å². The van der Waals surface area contributed by atoms with Crippen molar-refractivity contribution < 1.29 is 9.53 Å². The highest BCUT2D eigenvalue weighted by Crippen LogP contribution is 1.95. The van der Waals surface area contributed by atoms with Crippen molar-refractivity contribution in [2.24, 2.45) is 0 Å². The first-order valence-electron chi connectivity index (χ1n) is 5.60. The predicted octanol–water partition coefficient (Wildman–Crippen LogP) is 0.328. The van der Waals surface area contributed by atoms with Gasteiger partial charge in [-0.1, -0.05) is 0 Å². The van der Waals surface area contributed by atoms with Crippen LogP contribution in [0.15, 0.2) is 0 Å². The summed E-state index contributed by atoms with van der Waals surface area (Å²) in [7, 11) is 0. The van der Waals surface area contributed by atoms with Crippen LogP contribution >= 0.6 is 0 Å². The van der Waals surface area contributed by atoms with Gasteiger partial charge in [-0.15, -0.1) is 0 Å². The average molecular weight is 215 g/mol. The Bertz CT molecular complexity index is 189. The quantitative estimate of drug-likeness (QED) is 0.735. The van der Waals surface area contributed by atoms with Crippen molar-refractivity contribution in [3.05, 3.63) is 0 Å². The van der Waals surface area contributed by atoms with E-state index in [0.717, 1.165) is 39.4 Å². The van der Waals surface area contributed by atoms with Crippen LogP contribution in [-0.2, 0) is 4.74 Å². The summed E-state index contributed by atoms with van der Waals surface area (Å²) in [6.07, 6.45) is 0. The van der Waals surface area contributed by atoms with Crippen molar-refractivity contribution in [1.29, 1.82) is 0 Å². The van der Waals surface area contributed by atoms with Gasteiger partial charge >= 0.3 is 6.03 Å². The van der Waals surface area contributed by atoms with Crippen LogP contribution in [0, 0.1) is 0 Å². The molecule has 1 aliphatic heterocycles. The van der Waals surface area contributed by atoms with E-state index in [1.54, 1.807) is 4.90 Å². The molecule has 0 aromatic heterocycles. The first-order chi connectivity index (χ1) is 7.27. The number of carbonyl (C=O) groups excluding carboxylic acids is 1. The normalized spacial score (nSPS) is 17.5. The Balaban J connectivity index is 2.20. The molecule has 0 bridgehead atoms. The molecule has 5 heteroatoms. The molecular formula is C10H21N3O2. The molecule has 1 saturated heterocycles. The maximum absolute atomic E-state index is 11.6. The van der Waals surface area contributed by atoms with Crippen molar-refractivity contribution in [3.63, 3.8) is 0 Å². The molecule has 1 fully saturated rings. The van der Waals surface area contributed by atoms with Crippen LogP contribution in [0.5, 0.6) is 0 Å². The van der Waals surface area contributed by atoms with Crippen LogP contribution < -0.4 is 5.32 Å². The van der Waals surface area contributed by atoms with E-state index in [9.17, 15) is 4.79 Å². The summed E-state index contributed by atoms with van der Waals surface area (Å²) >= 11 is 0. The van der Waals surface area contributed by atoms with Crippen molar-refractivity contribution >= 4 is 6.03 Å². The Labute approximate surface area is 91.4 Å². The molecular weight excluding hydrogens is 194 g/mol. The van der Waals surface area contributed by atoms with E-state index >= 15 is 0 Å². The molecule has 0 aromatic rings. The van der Waals surface area contributed by atoms with Gasteiger partial charge in [-0.3, -0.25) is 4.90 Å². The highest BCUT2D eigenvalue weighted by molar-refractivity contribution is 5.73. The van der Waals surface area contributed by atoms with E-state index in [1.807, 2.05) is 13.8 Å². The summed E-state index contributed by atoms with van der Waals surface area (Å²) in [5.74, 6) is 0.